The van der Waals surface area contributed by atoms with Gasteiger partial charge in [0.15, 0.2) is 5.11 Å². The van der Waals surface area contributed by atoms with Gasteiger partial charge >= 0.3 is 0 Å². The molecule has 0 saturated carbocycles. The highest BCUT2D eigenvalue weighted by Gasteiger charge is 2.13. The van der Waals surface area contributed by atoms with Gasteiger partial charge < -0.3 is 14.5 Å². The molecule has 25 heavy (non-hydrogen) atoms. The summed E-state index contributed by atoms with van der Waals surface area (Å²) in [6.45, 7) is 1.10. The maximum Gasteiger partial charge on any atom is 0.270 e. The molecule has 0 unspecified atom stereocenters. The van der Waals surface area contributed by atoms with E-state index in [2.05, 4.69) is 15.8 Å². The highest BCUT2D eigenvalue weighted by molar-refractivity contribution is 7.80. The number of nitrogens with zero attached hydrogens (tertiary/aromatic N) is 2. The van der Waals surface area contributed by atoms with Gasteiger partial charge in [0, 0.05) is 31.4 Å². The zero-order chi connectivity index (χ0) is 18.2. The molecule has 0 amide bonds. The van der Waals surface area contributed by atoms with Crippen LogP contribution in [0.5, 0.6) is 0 Å². The van der Waals surface area contributed by atoms with Crippen molar-refractivity contribution in [1.82, 2.24) is 10.7 Å². The Morgan fingerprint density at radius 1 is 1.48 bits per heavy atom. The Hall–Kier alpha value is -2.49. The van der Waals surface area contributed by atoms with E-state index in [0.717, 1.165) is 0 Å². The fourth-order valence-corrected chi connectivity index (χ4v) is 2.27. The van der Waals surface area contributed by atoms with Gasteiger partial charge in [-0.1, -0.05) is 11.6 Å². The van der Waals surface area contributed by atoms with Crippen LogP contribution in [0, 0.1) is 10.1 Å². The number of halogens is 1. The van der Waals surface area contributed by atoms with Crippen LogP contribution < -0.4 is 10.7 Å². The van der Waals surface area contributed by atoms with Crippen LogP contribution in [-0.4, -0.2) is 36.5 Å². The number of ether oxygens (including phenoxy) is 1. The van der Waals surface area contributed by atoms with E-state index in [1.165, 1.54) is 24.4 Å². The van der Waals surface area contributed by atoms with E-state index in [1.54, 1.807) is 19.2 Å². The Morgan fingerprint density at radius 2 is 2.28 bits per heavy atom. The molecular formula is C15H15ClN4O4S. The zero-order valence-electron chi connectivity index (χ0n) is 13.2. The van der Waals surface area contributed by atoms with Crippen LogP contribution in [0.4, 0.5) is 5.69 Å². The minimum absolute atomic E-state index is 0.0826. The second-order valence-electron chi connectivity index (χ2n) is 4.74. The van der Waals surface area contributed by atoms with Gasteiger partial charge in [0.25, 0.3) is 5.69 Å². The van der Waals surface area contributed by atoms with Crippen molar-refractivity contribution in [3.63, 3.8) is 0 Å². The third-order valence-electron chi connectivity index (χ3n) is 3.01. The Labute approximate surface area is 154 Å². The van der Waals surface area contributed by atoms with Crippen LogP contribution >= 0.6 is 23.8 Å². The summed E-state index contributed by atoms with van der Waals surface area (Å²) in [5, 5.41) is 18.2. The van der Waals surface area contributed by atoms with Gasteiger partial charge in [-0.05, 0) is 30.4 Å². The lowest BCUT2D eigenvalue weighted by molar-refractivity contribution is -0.384. The Morgan fingerprint density at radius 3 is 2.96 bits per heavy atom. The molecule has 2 aromatic rings. The van der Waals surface area contributed by atoms with E-state index >= 15 is 0 Å². The summed E-state index contributed by atoms with van der Waals surface area (Å²) in [6.07, 6.45) is 1.45. The van der Waals surface area contributed by atoms with Gasteiger partial charge in [0.2, 0.25) is 0 Å². The quantitative estimate of drug-likeness (QED) is 0.249. The lowest BCUT2D eigenvalue weighted by Crippen LogP contribution is -2.34. The molecule has 0 atom stereocenters. The number of methoxy groups -OCH3 is 1. The van der Waals surface area contributed by atoms with Crippen molar-refractivity contribution in [3.8, 4) is 11.3 Å². The van der Waals surface area contributed by atoms with E-state index in [0.29, 0.717) is 35.3 Å². The summed E-state index contributed by atoms with van der Waals surface area (Å²) in [5.41, 5.74) is 3.11. The lowest BCUT2D eigenvalue weighted by Gasteiger charge is -2.05. The smallest absolute Gasteiger partial charge is 0.270 e. The maximum absolute atomic E-state index is 10.7. The summed E-state index contributed by atoms with van der Waals surface area (Å²) in [7, 11) is 1.60. The number of hydrogen-bond donors (Lipinski definition) is 2. The number of non-ortho nitro benzene ring substituents is 1. The van der Waals surface area contributed by atoms with E-state index < -0.39 is 4.92 Å². The van der Waals surface area contributed by atoms with E-state index in [4.69, 9.17) is 33.0 Å². The van der Waals surface area contributed by atoms with Gasteiger partial charge in [-0.15, -0.1) is 0 Å². The highest BCUT2D eigenvalue weighted by Crippen LogP contribution is 2.31. The van der Waals surface area contributed by atoms with Crippen molar-refractivity contribution >= 4 is 40.8 Å². The Bertz CT molecular complexity index is 794. The molecule has 1 aromatic carbocycles. The standard InChI is InChI=1S/C15H15ClN4O4S/c1-23-7-6-17-15(25)19-18-9-11-3-5-14(24-11)12-4-2-10(20(21)22)8-13(12)16/h2-5,8-9H,6-7H2,1H3,(H2,17,19,25)/b18-9-. The van der Waals surface area contributed by atoms with Gasteiger partial charge in [-0.2, -0.15) is 5.10 Å². The summed E-state index contributed by atoms with van der Waals surface area (Å²) < 4.78 is 10.5. The number of thiocarbonyl (C=S) groups is 1. The van der Waals surface area contributed by atoms with E-state index in [9.17, 15) is 10.1 Å². The zero-order valence-corrected chi connectivity index (χ0v) is 14.8. The average molecular weight is 383 g/mol. The minimum atomic E-state index is -0.509. The van der Waals surface area contributed by atoms with Crippen LogP contribution in [0.1, 0.15) is 5.76 Å². The molecule has 0 saturated heterocycles. The second-order valence-corrected chi connectivity index (χ2v) is 5.56. The Kier molecular flexibility index (Phi) is 6.87. The fourth-order valence-electron chi connectivity index (χ4n) is 1.85. The molecule has 0 aliphatic carbocycles. The Balaban J connectivity index is 1.99. The van der Waals surface area contributed by atoms with Crippen LogP contribution in [-0.2, 0) is 4.74 Å². The van der Waals surface area contributed by atoms with Gasteiger partial charge in [0.05, 0.1) is 22.8 Å². The first-order valence-electron chi connectivity index (χ1n) is 7.11. The molecule has 2 rings (SSSR count). The lowest BCUT2D eigenvalue weighted by atomic mass is 10.1. The number of nitro benzene ring substituents is 1. The first kappa shape index (κ1) is 18.8. The molecule has 0 fully saturated rings. The third-order valence-corrected chi connectivity index (χ3v) is 3.55. The van der Waals surface area contributed by atoms with Crippen molar-refractivity contribution in [2.75, 3.05) is 20.3 Å². The SMILES string of the molecule is COCCNC(=S)N/N=C\c1ccc(-c2ccc([N+](=O)[O-])cc2Cl)o1. The van der Waals surface area contributed by atoms with E-state index in [1.807, 2.05) is 0 Å². The summed E-state index contributed by atoms with van der Waals surface area (Å²) in [4.78, 5) is 10.2. The van der Waals surface area contributed by atoms with Gasteiger partial charge in [-0.3, -0.25) is 15.5 Å². The molecule has 10 heteroatoms. The van der Waals surface area contributed by atoms with Crippen LogP contribution in [0.3, 0.4) is 0 Å². The highest BCUT2D eigenvalue weighted by atomic mass is 35.5. The fraction of sp³-hybridized carbons (Fsp3) is 0.200. The van der Waals surface area contributed by atoms with Crippen molar-refractivity contribution < 1.29 is 14.1 Å². The number of benzene rings is 1. The first-order valence-corrected chi connectivity index (χ1v) is 7.90. The molecule has 0 radical (unpaired) electrons. The molecule has 8 nitrogen and oxygen atoms in total. The maximum atomic E-state index is 10.7. The molecule has 1 heterocycles. The van der Waals surface area contributed by atoms with Crippen LogP contribution in [0.15, 0.2) is 39.9 Å². The molecule has 0 bridgehead atoms. The van der Waals surface area contributed by atoms with Crippen molar-refractivity contribution in [2.24, 2.45) is 5.10 Å². The van der Waals surface area contributed by atoms with Gasteiger partial charge in [0.1, 0.15) is 11.5 Å². The average Bonchev–Trinajstić information content (AvgIpc) is 3.03. The number of nitro groups is 1. The molecule has 0 aliphatic heterocycles. The normalized spacial score (nSPS) is 10.8. The second kappa shape index (κ2) is 9.11. The predicted octanol–water partition coefficient (Wildman–Crippen LogP) is 2.95. The number of hydrazone groups is 1. The third kappa shape index (κ3) is 5.52. The van der Waals surface area contributed by atoms with E-state index in [-0.39, 0.29) is 10.7 Å². The summed E-state index contributed by atoms with van der Waals surface area (Å²) in [6, 6.07) is 7.57. The first-order chi connectivity index (χ1) is 12.0. The monoisotopic (exact) mass is 382 g/mol. The number of rotatable bonds is 7. The van der Waals surface area contributed by atoms with Crippen molar-refractivity contribution in [2.45, 2.75) is 0 Å². The summed E-state index contributed by atoms with van der Waals surface area (Å²) in [5.74, 6) is 0.943. The molecule has 0 aliphatic rings. The number of nitrogens with one attached hydrogen (secondary N) is 2. The van der Waals surface area contributed by atoms with Crippen LogP contribution in [0.25, 0.3) is 11.3 Å². The number of hydrogen-bond acceptors (Lipinski definition) is 6. The minimum Gasteiger partial charge on any atom is -0.455 e. The molecule has 1 aromatic heterocycles. The summed E-state index contributed by atoms with van der Waals surface area (Å²) >= 11 is 11.1. The molecule has 2 N–H and O–H groups in total. The topological polar surface area (TPSA) is 102 Å². The molecule has 0 spiro atoms. The number of furan rings is 1. The van der Waals surface area contributed by atoms with Crippen molar-refractivity contribution in [3.05, 3.63) is 51.2 Å². The molecular weight excluding hydrogens is 368 g/mol. The molecule has 132 valence electrons. The van der Waals surface area contributed by atoms with Crippen LogP contribution in [0.2, 0.25) is 5.02 Å². The largest absolute Gasteiger partial charge is 0.455 e. The predicted molar refractivity (Wildman–Crippen MR) is 99.0 cm³/mol. The van der Waals surface area contributed by atoms with Crippen molar-refractivity contribution in [1.29, 1.82) is 0 Å². The van der Waals surface area contributed by atoms with Gasteiger partial charge in [-0.25, -0.2) is 0 Å².